The molecule has 9 nitrogen and oxygen atoms in total. The average molecular weight is 990 g/mol. The monoisotopic (exact) mass is 989 g/mol. The summed E-state index contributed by atoms with van der Waals surface area (Å²) in [7, 11) is 0. The van der Waals surface area contributed by atoms with Crippen molar-refractivity contribution in [2.75, 3.05) is 4.90 Å². The third-order valence-corrected chi connectivity index (χ3v) is 13.2. The molecule has 0 fully saturated rings. The number of nitrogens with zero attached hydrogens (tertiary/aromatic N) is 9. The average Bonchev–Trinajstić information content (AvgIpc) is 3.92. The van der Waals surface area contributed by atoms with Crippen LogP contribution in [0, 0.1) is 20.8 Å². The van der Waals surface area contributed by atoms with Crippen LogP contribution in [-0.2, 0) is 0 Å². The minimum atomic E-state index is 0.356. The molecule has 0 N–H and O–H groups in total. The molecule has 10 rings (SSSR count). The Balaban J connectivity index is 0.000000208. The van der Waals surface area contributed by atoms with Gasteiger partial charge in [-0.2, -0.15) is 19.9 Å². The van der Waals surface area contributed by atoms with Gasteiger partial charge in [0.1, 0.15) is 0 Å². The van der Waals surface area contributed by atoms with Gasteiger partial charge in [-0.3, -0.25) is 9.47 Å². The molecule has 0 bridgehead atoms. The first kappa shape index (κ1) is 51.1. The van der Waals surface area contributed by atoms with Crippen LogP contribution >= 0.6 is 0 Å². The van der Waals surface area contributed by atoms with Crippen molar-refractivity contribution in [3.05, 3.63) is 279 Å². The maximum atomic E-state index is 4.97. The zero-order valence-electron chi connectivity index (χ0n) is 43.7. The largest absolute Gasteiger partial charge is 0.308 e. The number of hydrogen-bond donors (Lipinski definition) is 0. The van der Waals surface area contributed by atoms with Gasteiger partial charge in [-0.25, -0.2) is 9.97 Å². The summed E-state index contributed by atoms with van der Waals surface area (Å²) in [5.74, 6) is 3.29. The highest BCUT2D eigenvalue weighted by Crippen LogP contribution is 2.39. The number of aromatic nitrogens is 8. The Morgan fingerprint density at radius 2 is 1.08 bits per heavy atom. The SMILES string of the molecule is C/C=C\C(=C/C)c1nc(-c2ccccc2)nc(-n2c(C)c(C)c3ccccc32)n1.C=C/C=C(\C=C)c1nc(-c2ccccc2)nc(N(C(=C)C=C)C(=C)c2c(C)c3cc(-c4ccccc4)ccc3n2-c2ccccc2)n1. The zero-order valence-corrected chi connectivity index (χ0v) is 43.7. The molecule has 0 aliphatic heterocycles. The van der Waals surface area contributed by atoms with Crippen molar-refractivity contribution in [1.82, 2.24) is 39.0 Å². The lowest BCUT2D eigenvalue weighted by atomic mass is 10.0. The van der Waals surface area contributed by atoms with E-state index < -0.39 is 0 Å². The van der Waals surface area contributed by atoms with E-state index >= 15 is 0 Å². The number of para-hydroxylation sites is 2. The summed E-state index contributed by atoms with van der Waals surface area (Å²) in [4.78, 5) is 31.1. The van der Waals surface area contributed by atoms with E-state index in [0.29, 0.717) is 52.2 Å². The van der Waals surface area contributed by atoms with Crippen molar-refractivity contribution in [1.29, 1.82) is 0 Å². The van der Waals surface area contributed by atoms with E-state index in [1.807, 2.05) is 128 Å². The first-order valence-electron chi connectivity index (χ1n) is 25.1. The highest BCUT2D eigenvalue weighted by atomic mass is 15.3. The summed E-state index contributed by atoms with van der Waals surface area (Å²) >= 11 is 0. The number of aryl methyl sites for hydroxylation is 2. The van der Waals surface area contributed by atoms with Crippen LogP contribution in [0.25, 0.3) is 84.2 Å². The van der Waals surface area contributed by atoms with Gasteiger partial charge in [0.2, 0.25) is 11.9 Å². The van der Waals surface area contributed by atoms with E-state index in [1.165, 1.54) is 10.9 Å². The summed E-state index contributed by atoms with van der Waals surface area (Å²) < 4.78 is 4.36. The highest BCUT2D eigenvalue weighted by Gasteiger charge is 2.27. The summed E-state index contributed by atoms with van der Waals surface area (Å²) in [6.45, 7) is 31.3. The Labute approximate surface area is 445 Å². The van der Waals surface area contributed by atoms with E-state index in [9.17, 15) is 0 Å². The quantitative estimate of drug-likeness (QED) is 0.0945. The number of fused-ring (bicyclic) bond motifs is 2. The molecule has 0 unspecified atom stereocenters. The molecular weight excluding hydrogens is 931 g/mol. The van der Waals surface area contributed by atoms with Crippen molar-refractivity contribution >= 4 is 44.6 Å². The second-order valence-electron chi connectivity index (χ2n) is 17.9. The van der Waals surface area contributed by atoms with E-state index in [0.717, 1.165) is 66.9 Å². The van der Waals surface area contributed by atoms with Crippen molar-refractivity contribution in [3.63, 3.8) is 0 Å². The van der Waals surface area contributed by atoms with Crippen molar-refractivity contribution in [2.45, 2.75) is 34.6 Å². The third kappa shape index (κ3) is 10.2. The van der Waals surface area contributed by atoms with Crippen LogP contribution in [0.5, 0.6) is 0 Å². The van der Waals surface area contributed by atoms with Gasteiger partial charge in [0.15, 0.2) is 23.3 Å². The Kier molecular flexibility index (Phi) is 15.4. The first-order valence-corrected chi connectivity index (χ1v) is 25.1. The zero-order chi connectivity index (χ0) is 53.3. The molecule has 4 aromatic heterocycles. The summed E-state index contributed by atoms with van der Waals surface area (Å²) in [6, 6.07) is 55.5. The maximum absolute atomic E-state index is 4.97. The van der Waals surface area contributed by atoms with Crippen LogP contribution in [-0.4, -0.2) is 39.0 Å². The summed E-state index contributed by atoms with van der Waals surface area (Å²) in [6.07, 6.45) is 13.0. The minimum absolute atomic E-state index is 0.356. The van der Waals surface area contributed by atoms with E-state index in [4.69, 9.17) is 29.9 Å². The number of benzene rings is 6. The Morgan fingerprint density at radius 1 is 0.513 bits per heavy atom. The van der Waals surface area contributed by atoms with Crippen LogP contribution in [0.1, 0.15) is 48.0 Å². The van der Waals surface area contributed by atoms with Gasteiger partial charge in [0, 0.05) is 50.1 Å². The number of rotatable bonds is 15. The number of anilines is 1. The fraction of sp³-hybridized carbons (Fsp3) is 0.0746. The van der Waals surface area contributed by atoms with Gasteiger partial charge in [-0.15, -0.1) is 0 Å². The molecule has 0 aliphatic rings. The lowest BCUT2D eigenvalue weighted by Crippen LogP contribution is -2.24. The molecule has 76 heavy (non-hydrogen) atoms. The lowest BCUT2D eigenvalue weighted by Gasteiger charge is -2.27. The molecule has 4 heterocycles. The Morgan fingerprint density at radius 3 is 1.67 bits per heavy atom. The third-order valence-electron chi connectivity index (χ3n) is 13.2. The van der Waals surface area contributed by atoms with Crippen molar-refractivity contribution < 1.29 is 0 Å². The van der Waals surface area contributed by atoms with E-state index in [2.05, 4.69) is 142 Å². The molecule has 0 aliphatic carbocycles. The predicted molar refractivity (Wildman–Crippen MR) is 318 cm³/mol. The van der Waals surface area contributed by atoms with Crippen LogP contribution in [0.3, 0.4) is 0 Å². The van der Waals surface area contributed by atoms with E-state index in [-0.39, 0.29) is 0 Å². The highest BCUT2D eigenvalue weighted by molar-refractivity contribution is 5.97. The molecule has 10 aromatic rings. The van der Waals surface area contributed by atoms with Gasteiger partial charge < -0.3 is 4.57 Å². The topological polar surface area (TPSA) is 90.4 Å². The Hall–Kier alpha value is -9.86. The summed E-state index contributed by atoms with van der Waals surface area (Å²) in [5.41, 5.74) is 14.5. The van der Waals surface area contributed by atoms with Gasteiger partial charge >= 0.3 is 0 Å². The van der Waals surface area contributed by atoms with Crippen LogP contribution < -0.4 is 4.90 Å². The number of allylic oxidation sites excluding steroid dienone is 9. The molecule has 0 radical (unpaired) electrons. The van der Waals surface area contributed by atoms with Gasteiger partial charge in [0.25, 0.3) is 0 Å². The first-order chi connectivity index (χ1) is 37.1. The molecule has 0 saturated carbocycles. The standard InChI is InChI=1S/C42H35N5.C25H24N4/c1-7-19-32(9-3)40-43-41(34-22-15-11-16-23-34)45-42(44-40)46(29(4)8-2)31(6)39-30(5)37-28-35(33-20-13-10-14-21-33)26-27-38(37)47(39)36-24-17-12-18-25-36;1-5-12-19(6-2)23-26-24(20-13-8-7-9-14-20)28-25(27-23)29-18(4)17(3)21-15-10-11-16-22(21)29/h7-28H,1-4,6H2,5H3;5-16H,1-4H3/b32-19+;12-5-,19-6+. The molecule has 0 amide bonds. The van der Waals surface area contributed by atoms with Crippen LogP contribution in [0.15, 0.2) is 245 Å². The van der Waals surface area contributed by atoms with Gasteiger partial charge in [-0.05, 0) is 93.3 Å². The smallest absolute Gasteiger partial charge is 0.238 e. The molecule has 0 saturated heterocycles. The molecular formula is C67H59N9. The second-order valence-corrected chi connectivity index (χ2v) is 17.9. The second kappa shape index (κ2) is 22.9. The minimum Gasteiger partial charge on any atom is -0.308 e. The lowest BCUT2D eigenvalue weighted by molar-refractivity contribution is 0.888. The van der Waals surface area contributed by atoms with E-state index in [1.54, 1.807) is 18.2 Å². The van der Waals surface area contributed by atoms with Crippen LogP contribution in [0.2, 0.25) is 0 Å². The van der Waals surface area contributed by atoms with Crippen molar-refractivity contribution in [2.24, 2.45) is 0 Å². The Bertz CT molecular complexity index is 3900. The van der Waals surface area contributed by atoms with Crippen LogP contribution in [0.4, 0.5) is 5.95 Å². The normalized spacial score (nSPS) is 11.6. The fourth-order valence-electron chi connectivity index (χ4n) is 9.32. The fourth-order valence-corrected chi connectivity index (χ4v) is 9.32. The molecule has 0 spiro atoms. The number of hydrogen-bond acceptors (Lipinski definition) is 7. The summed E-state index contributed by atoms with van der Waals surface area (Å²) in [5, 5.41) is 2.33. The molecule has 6 aromatic carbocycles. The maximum Gasteiger partial charge on any atom is 0.238 e. The molecule has 372 valence electrons. The molecule has 0 atom stereocenters. The van der Waals surface area contributed by atoms with Crippen molar-refractivity contribution in [3.8, 4) is 45.5 Å². The van der Waals surface area contributed by atoms with Gasteiger partial charge in [0.05, 0.1) is 22.4 Å². The van der Waals surface area contributed by atoms with Gasteiger partial charge in [-0.1, -0.05) is 203 Å². The predicted octanol–water partition coefficient (Wildman–Crippen LogP) is 16.5. The molecule has 9 heteroatoms.